The van der Waals surface area contributed by atoms with E-state index in [1.165, 1.54) is 6.08 Å². The molecule has 0 radical (unpaired) electrons. The summed E-state index contributed by atoms with van der Waals surface area (Å²) in [5, 5.41) is 0. The van der Waals surface area contributed by atoms with E-state index in [9.17, 15) is 4.79 Å². The molecule has 27 heavy (non-hydrogen) atoms. The van der Waals surface area contributed by atoms with Crippen molar-refractivity contribution in [3.63, 3.8) is 0 Å². The van der Waals surface area contributed by atoms with Crippen LogP contribution in [0.2, 0.25) is 0 Å². The molecule has 1 unspecified atom stereocenters. The number of nitrogens with two attached hydrogens (primary N) is 1. The summed E-state index contributed by atoms with van der Waals surface area (Å²) in [6, 6.07) is 6.23. The molecule has 3 heterocycles. The summed E-state index contributed by atoms with van der Waals surface area (Å²) in [7, 11) is 2.03. The minimum atomic E-state index is -0.108. The van der Waals surface area contributed by atoms with Crippen LogP contribution in [0.5, 0.6) is 0 Å². The van der Waals surface area contributed by atoms with E-state index in [-0.39, 0.29) is 18.0 Å². The minimum Gasteiger partial charge on any atom is -0.379 e. The highest BCUT2D eigenvalue weighted by Crippen LogP contribution is 2.29. The molecule has 2 N–H and O–H groups in total. The number of piperidine rings is 1. The number of ether oxygens (including phenoxy) is 1. The van der Waals surface area contributed by atoms with Gasteiger partial charge in [0.2, 0.25) is 5.95 Å². The van der Waals surface area contributed by atoms with Crippen molar-refractivity contribution >= 4 is 28.6 Å². The van der Waals surface area contributed by atoms with Crippen molar-refractivity contribution in [2.24, 2.45) is 12.8 Å². The third-order valence-corrected chi connectivity index (χ3v) is 5.54. The largest absolute Gasteiger partial charge is 0.379 e. The van der Waals surface area contributed by atoms with E-state index in [2.05, 4.69) is 16.0 Å². The minimum absolute atomic E-state index is 0.0382. The van der Waals surface area contributed by atoms with Gasteiger partial charge in [0.15, 0.2) is 0 Å². The molecule has 2 aliphatic rings. The molecule has 0 saturated carbocycles. The molecule has 144 valence electrons. The normalized spacial score (nSPS) is 23.0. The summed E-state index contributed by atoms with van der Waals surface area (Å²) in [4.78, 5) is 21.4. The summed E-state index contributed by atoms with van der Waals surface area (Å²) in [6.07, 6.45) is 4.34. The summed E-state index contributed by atoms with van der Waals surface area (Å²) in [6.45, 7) is 6.68. The van der Waals surface area contributed by atoms with E-state index in [1.54, 1.807) is 4.90 Å². The Morgan fingerprint density at radius 1 is 1.44 bits per heavy atom. The van der Waals surface area contributed by atoms with Crippen LogP contribution in [0.3, 0.4) is 0 Å². The molecule has 2 saturated heterocycles. The highest BCUT2D eigenvalue weighted by molar-refractivity contribution is 6.02. The predicted octanol–water partition coefficient (Wildman–Crippen LogP) is 1.81. The van der Waals surface area contributed by atoms with E-state index in [4.69, 9.17) is 15.5 Å². The summed E-state index contributed by atoms with van der Waals surface area (Å²) < 4.78 is 7.59. The van der Waals surface area contributed by atoms with E-state index >= 15 is 0 Å². The maximum atomic E-state index is 12.5. The zero-order valence-corrected chi connectivity index (χ0v) is 15.8. The molecule has 2 fully saturated rings. The van der Waals surface area contributed by atoms with Crippen molar-refractivity contribution in [2.45, 2.75) is 31.3 Å². The Kier molecular flexibility index (Phi) is 4.88. The van der Waals surface area contributed by atoms with Crippen LogP contribution in [-0.4, -0.2) is 53.8 Å². The van der Waals surface area contributed by atoms with Crippen molar-refractivity contribution in [2.75, 3.05) is 36.1 Å². The van der Waals surface area contributed by atoms with E-state index in [1.807, 2.05) is 25.2 Å². The number of nitrogens with zero attached hydrogens (tertiary/aromatic N) is 4. The molecule has 2 aromatic rings. The zero-order chi connectivity index (χ0) is 19.0. The lowest BCUT2D eigenvalue weighted by molar-refractivity contribution is -0.114. The van der Waals surface area contributed by atoms with Crippen LogP contribution >= 0.6 is 0 Å². The molecule has 7 nitrogen and oxygen atoms in total. The number of carbonyl (C=O) groups excluding carboxylic acids is 1. The van der Waals surface area contributed by atoms with Gasteiger partial charge in [-0.2, -0.15) is 0 Å². The van der Waals surface area contributed by atoms with E-state index in [0.717, 1.165) is 55.0 Å². The maximum Gasteiger partial charge on any atom is 0.250 e. The SMILES string of the molecule is C=CC(=O)N(c1ccc2c(c1)nc(N1CCC[C@@H](N)C1)n2C)C1CCOC1. The molecule has 0 bridgehead atoms. The molecule has 0 spiro atoms. The first-order valence-corrected chi connectivity index (χ1v) is 9.59. The number of aromatic nitrogens is 2. The number of carbonyl (C=O) groups is 1. The number of aryl methyl sites for hydroxylation is 1. The topological polar surface area (TPSA) is 76.6 Å². The molecule has 0 aliphatic carbocycles. The van der Waals surface area contributed by atoms with Crippen LogP contribution in [0.25, 0.3) is 11.0 Å². The predicted molar refractivity (Wildman–Crippen MR) is 107 cm³/mol. The first kappa shape index (κ1) is 18.0. The van der Waals surface area contributed by atoms with Gasteiger partial charge in [0.25, 0.3) is 5.91 Å². The van der Waals surface area contributed by atoms with Crippen LogP contribution < -0.4 is 15.5 Å². The van der Waals surface area contributed by atoms with Crippen LogP contribution in [0.4, 0.5) is 11.6 Å². The second kappa shape index (κ2) is 7.32. The smallest absolute Gasteiger partial charge is 0.250 e. The second-order valence-corrected chi connectivity index (χ2v) is 7.42. The molecule has 2 aliphatic heterocycles. The van der Waals surface area contributed by atoms with Gasteiger partial charge in [-0.3, -0.25) is 4.79 Å². The van der Waals surface area contributed by atoms with Gasteiger partial charge in [0, 0.05) is 38.5 Å². The zero-order valence-electron chi connectivity index (χ0n) is 15.8. The van der Waals surface area contributed by atoms with Gasteiger partial charge < -0.3 is 24.8 Å². The first-order valence-electron chi connectivity index (χ1n) is 9.59. The average molecular weight is 369 g/mol. The lowest BCUT2D eigenvalue weighted by Crippen LogP contribution is -2.43. The Hall–Kier alpha value is -2.38. The van der Waals surface area contributed by atoms with Gasteiger partial charge in [-0.05, 0) is 43.5 Å². The second-order valence-electron chi connectivity index (χ2n) is 7.42. The Labute approximate surface area is 159 Å². The van der Waals surface area contributed by atoms with Gasteiger partial charge in [0.1, 0.15) is 0 Å². The number of hydrogen-bond acceptors (Lipinski definition) is 5. The van der Waals surface area contributed by atoms with Crippen molar-refractivity contribution in [3.05, 3.63) is 30.9 Å². The van der Waals surface area contributed by atoms with Crippen molar-refractivity contribution in [1.29, 1.82) is 0 Å². The molecule has 2 atom stereocenters. The number of rotatable bonds is 4. The molecule has 4 rings (SSSR count). The monoisotopic (exact) mass is 369 g/mol. The Morgan fingerprint density at radius 3 is 3.00 bits per heavy atom. The Bertz CT molecular complexity index is 855. The number of hydrogen-bond donors (Lipinski definition) is 1. The lowest BCUT2D eigenvalue weighted by Gasteiger charge is -2.31. The number of amides is 1. The quantitative estimate of drug-likeness (QED) is 0.832. The third kappa shape index (κ3) is 3.33. The number of fused-ring (bicyclic) bond motifs is 1. The fraction of sp³-hybridized carbons (Fsp3) is 0.500. The van der Waals surface area contributed by atoms with Gasteiger partial charge in [-0.1, -0.05) is 6.58 Å². The van der Waals surface area contributed by atoms with E-state index < -0.39 is 0 Å². The van der Waals surface area contributed by atoms with Gasteiger partial charge in [-0.15, -0.1) is 0 Å². The molecule has 1 amide bonds. The highest BCUT2D eigenvalue weighted by atomic mass is 16.5. The average Bonchev–Trinajstić information content (AvgIpc) is 3.30. The Balaban J connectivity index is 1.70. The van der Waals surface area contributed by atoms with Crippen LogP contribution in [-0.2, 0) is 16.6 Å². The van der Waals surface area contributed by atoms with E-state index in [0.29, 0.717) is 13.2 Å². The van der Waals surface area contributed by atoms with Crippen molar-refractivity contribution < 1.29 is 9.53 Å². The lowest BCUT2D eigenvalue weighted by atomic mass is 10.1. The summed E-state index contributed by atoms with van der Waals surface area (Å²) >= 11 is 0. The standard InChI is InChI=1S/C20H27N5O2/c1-3-19(26)25(16-8-10-27-13-16)15-6-7-18-17(11-15)22-20(23(18)2)24-9-4-5-14(21)12-24/h3,6-7,11,14,16H,1,4-5,8-10,12-13,21H2,2H3/t14-,16?/m1/s1. The molecular formula is C20H27N5O2. The van der Waals surface area contributed by atoms with Crippen molar-refractivity contribution in [3.8, 4) is 0 Å². The van der Waals surface area contributed by atoms with Crippen LogP contribution in [0.15, 0.2) is 30.9 Å². The third-order valence-electron chi connectivity index (χ3n) is 5.54. The fourth-order valence-electron chi connectivity index (χ4n) is 4.14. The van der Waals surface area contributed by atoms with Crippen LogP contribution in [0.1, 0.15) is 19.3 Å². The van der Waals surface area contributed by atoms with Crippen LogP contribution in [0, 0.1) is 0 Å². The van der Waals surface area contributed by atoms with Gasteiger partial charge >= 0.3 is 0 Å². The molecule has 1 aromatic heterocycles. The van der Waals surface area contributed by atoms with Gasteiger partial charge in [0.05, 0.1) is 23.7 Å². The summed E-state index contributed by atoms with van der Waals surface area (Å²) in [5.74, 6) is 0.825. The number of benzene rings is 1. The van der Waals surface area contributed by atoms with Crippen molar-refractivity contribution in [1.82, 2.24) is 9.55 Å². The molecule has 7 heteroatoms. The summed E-state index contributed by atoms with van der Waals surface area (Å²) in [5.41, 5.74) is 8.90. The maximum absolute atomic E-state index is 12.5. The molecule has 1 aromatic carbocycles. The Morgan fingerprint density at radius 2 is 2.30 bits per heavy atom. The van der Waals surface area contributed by atoms with Gasteiger partial charge in [-0.25, -0.2) is 4.98 Å². The molecular weight excluding hydrogens is 342 g/mol. The highest BCUT2D eigenvalue weighted by Gasteiger charge is 2.28. The number of imidazole rings is 1. The first-order chi connectivity index (χ1) is 13.1. The number of anilines is 2. The fourth-order valence-corrected chi connectivity index (χ4v) is 4.14.